The summed E-state index contributed by atoms with van der Waals surface area (Å²) in [7, 11) is 0. The molecule has 154 valence electrons. The highest BCUT2D eigenvalue weighted by molar-refractivity contribution is 7.18. The summed E-state index contributed by atoms with van der Waals surface area (Å²) in [5.41, 5.74) is 0.835. The molecule has 1 aromatic heterocycles. The number of allylic oxidation sites excluding steroid dienone is 2. The molecule has 0 radical (unpaired) electrons. The lowest BCUT2D eigenvalue weighted by Gasteiger charge is -2.16. The molecule has 2 aromatic rings. The van der Waals surface area contributed by atoms with Gasteiger partial charge in [-0.25, -0.2) is 4.98 Å². The van der Waals surface area contributed by atoms with Crippen molar-refractivity contribution in [3.8, 4) is 0 Å². The maximum absolute atomic E-state index is 12.3. The number of thiazole rings is 1. The Balaban J connectivity index is 1.61. The second kappa shape index (κ2) is 9.91. The predicted octanol–water partition coefficient (Wildman–Crippen LogP) is 3.65. The van der Waals surface area contributed by atoms with Crippen LogP contribution in [0.3, 0.4) is 0 Å². The molecule has 1 saturated carbocycles. The largest absolute Gasteiger partial charge is 0.481 e. The van der Waals surface area contributed by atoms with Gasteiger partial charge >= 0.3 is 5.97 Å². The molecule has 1 aliphatic rings. The number of aliphatic carboxylic acids is 1. The van der Waals surface area contributed by atoms with Crippen molar-refractivity contribution in [3.63, 3.8) is 0 Å². The molecule has 1 heterocycles. The van der Waals surface area contributed by atoms with Gasteiger partial charge in [-0.3, -0.25) is 9.59 Å². The highest BCUT2D eigenvalue weighted by Crippen LogP contribution is 2.34. The fourth-order valence-corrected chi connectivity index (χ4v) is 4.53. The second-order valence-corrected chi connectivity index (χ2v) is 8.33. The van der Waals surface area contributed by atoms with Gasteiger partial charge in [0.25, 0.3) is 0 Å². The number of aromatic nitrogens is 1. The normalized spacial score (nSPS) is 23.5. The van der Waals surface area contributed by atoms with Crippen LogP contribution in [0.5, 0.6) is 0 Å². The maximum atomic E-state index is 12.3. The smallest absolute Gasteiger partial charge is 0.303 e. The first-order chi connectivity index (χ1) is 14.0. The topological polar surface area (TPSA) is 108 Å². The van der Waals surface area contributed by atoms with Gasteiger partial charge in [-0.05, 0) is 31.4 Å². The van der Waals surface area contributed by atoms with E-state index >= 15 is 0 Å². The average Bonchev–Trinajstić information content (AvgIpc) is 3.23. The van der Waals surface area contributed by atoms with Crippen LogP contribution in [0.1, 0.15) is 43.2 Å². The number of carbonyl (C=O) groups excluding carboxylic acids is 1. The van der Waals surface area contributed by atoms with Crippen LogP contribution in [0.25, 0.3) is 10.2 Å². The third-order valence-electron chi connectivity index (χ3n) is 5.13. The molecule has 1 unspecified atom stereocenters. The molecular formula is C22H25NO5S. The van der Waals surface area contributed by atoms with Gasteiger partial charge in [-0.2, -0.15) is 0 Å². The Morgan fingerprint density at radius 1 is 1.31 bits per heavy atom. The van der Waals surface area contributed by atoms with Gasteiger partial charge in [0.05, 0.1) is 16.3 Å². The summed E-state index contributed by atoms with van der Waals surface area (Å²) in [6.45, 7) is 0. The van der Waals surface area contributed by atoms with Crippen molar-refractivity contribution in [2.24, 2.45) is 11.8 Å². The molecule has 7 heteroatoms. The number of para-hydroxylation sites is 1. The van der Waals surface area contributed by atoms with Crippen molar-refractivity contribution in [3.05, 3.63) is 53.6 Å². The Morgan fingerprint density at radius 2 is 2.10 bits per heavy atom. The number of hydrogen-bond acceptors (Lipinski definition) is 6. The predicted molar refractivity (Wildman–Crippen MR) is 112 cm³/mol. The molecule has 1 aliphatic carbocycles. The zero-order chi connectivity index (χ0) is 20.8. The second-order valence-electron chi connectivity index (χ2n) is 7.26. The molecule has 0 aliphatic heterocycles. The lowest BCUT2D eigenvalue weighted by atomic mass is 9.90. The third-order valence-corrected chi connectivity index (χ3v) is 6.24. The molecule has 3 rings (SSSR count). The number of hydrogen-bond donors (Lipinski definition) is 3. The van der Waals surface area contributed by atoms with Crippen molar-refractivity contribution in [1.82, 2.24) is 4.98 Å². The number of unbranched alkanes of at least 4 members (excludes halogenated alkanes) is 1. The summed E-state index contributed by atoms with van der Waals surface area (Å²) in [6, 6.07) is 7.66. The summed E-state index contributed by atoms with van der Waals surface area (Å²) in [5, 5.41) is 30.0. The summed E-state index contributed by atoms with van der Waals surface area (Å²) >= 11 is 1.42. The van der Waals surface area contributed by atoms with Gasteiger partial charge < -0.3 is 15.3 Å². The Bertz CT molecular complexity index is 886. The van der Waals surface area contributed by atoms with E-state index in [1.807, 2.05) is 36.4 Å². The SMILES string of the molecule is O=C(O)CCCC=CC[C@H]1C(=O)C[C@@H](O)[C@@H]1C=CC(O)c1nc2ccccc2s1. The van der Waals surface area contributed by atoms with Crippen LogP contribution in [0, 0.1) is 11.8 Å². The van der Waals surface area contributed by atoms with Crippen LogP contribution in [0.15, 0.2) is 48.6 Å². The number of rotatable bonds is 9. The number of fused-ring (bicyclic) bond motifs is 1. The number of benzene rings is 1. The zero-order valence-electron chi connectivity index (χ0n) is 16.0. The van der Waals surface area contributed by atoms with Crippen LogP contribution in [-0.4, -0.2) is 38.2 Å². The molecule has 4 atom stereocenters. The number of Topliss-reactive ketones (excluding diaryl/α,β-unsaturated/α-hetero) is 1. The summed E-state index contributed by atoms with van der Waals surface area (Å²) in [5.74, 6) is -1.49. The monoisotopic (exact) mass is 415 g/mol. The quantitative estimate of drug-likeness (QED) is 0.426. The van der Waals surface area contributed by atoms with Gasteiger partial charge in [-0.1, -0.05) is 36.4 Å². The van der Waals surface area contributed by atoms with E-state index in [9.17, 15) is 19.8 Å². The van der Waals surface area contributed by atoms with E-state index in [4.69, 9.17) is 5.11 Å². The van der Waals surface area contributed by atoms with Crippen molar-refractivity contribution in [2.75, 3.05) is 0 Å². The lowest BCUT2D eigenvalue weighted by Crippen LogP contribution is -2.18. The van der Waals surface area contributed by atoms with Gasteiger partial charge in [0.1, 0.15) is 16.9 Å². The Kier molecular flexibility index (Phi) is 7.30. The number of nitrogens with zero attached hydrogens (tertiary/aromatic N) is 1. The molecule has 29 heavy (non-hydrogen) atoms. The first-order valence-electron chi connectivity index (χ1n) is 9.75. The summed E-state index contributed by atoms with van der Waals surface area (Å²) < 4.78 is 0.997. The highest BCUT2D eigenvalue weighted by atomic mass is 32.1. The van der Waals surface area contributed by atoms with Crippen LogP contribution in [0.4, 0.5) is 0 Å². The van der Waals surface area contributed by atoms with Crippen LogP contribution < -0.4 is 0 Å². The highest BCUT2D eigenvalue weighted by Gasteiger charge is 2.39. The van der Waals surface area contributed by atoms with E-state index in [2.05, 4.69) is 4.98 Å². The van der Waals surface area contributed by atoms with Gasteiger partial charge in [0.2, 0.25) is 0 Å². The summed E-state index contributed by atoms with van der Waals surface area (Å²) in [4.78, 5) is 27.2. The molecule has 0 saturated heterocycles. The van der Waals surface area contributed by atoms with E-state index in [-0.39, 0.29) is 30.5 Å². The van der Waals surface area contributed by atoms with Crippen molar-refractivity contribution in [2.45, 2.75) is 44.3 Å². The Hall–Kier alpha value is -2.35. The van der Waals surface area contributed by atoms with Gasteiger partial charge in [0, 0.05) is 24.7 Å². The standard InChI is InChI=1S/C22H25NO5S/c24-17(22-23-16-8-5-6-9-20(16)29-22)12-11-15-14(18(25)13-19(15)26)7-3-1-2-4-10-21(27)28/h1,3,5-6,8-9,11-12,14-15,17,19,24,26H,2,4,7,10,13H2,(H,27,28)/t14-,15-,17?,19-/m1/s1. The van der Waals surface area contributed by atoms with E-state index in [1.54, 1.807) is 12.2 Å². The number of carboxylic acid groups (broad SMARTS) is 1. The zero-order valence-corrected chi connectivity index (χ0v) is 16.8. The van der Waals surface area contributed by atoms with Crippen molar-refractivity contribution in [1.29, 1.82) is 0 Å². The molecule has 3 N–H and O–H groups in total. The van der Waals surface area contributed by atoms with Crippen LogP contribution in [-0.2, 0) is 9.59 Å². The number of carbonyl (C=O) groups is 2. The van der Waals surface area contributed by atoms with E-state index in [0.29, 0.717) is 24.3 Å². The lowest BCUT2D eigenvalue weighted by molar-refractivity contribution is -0.137. The van der Waals surface area contributed by atoms with Gasteiger partial charge in [0.15, 0.2) is 0 Å². The maximum Gasteiger partial charge on any atom is 0.303 e. The van der Waals surface area contributed by atoms with E-state index in [0.717, 1.165) is 10.2 Å². The number of aliphatic hydroxyl groups excluding tert-OH is 2. The molecule has 1 fully saturated rings. The van der Waals surface area contributed by atoms with Crippen molar-refractivity contribution >= 4 is 33.3 Å². The fraction of sp³-hybridized carbons (Fsp3) is 0.409. The molecule has 0 spiro atoms. The van der Waals surface area contributed by atoms with Crippen molar-refractivity contribution < 1.29 is 24.9 Å². The molecule has 1 aromatic carbocycles. The summed E-state index contributed by atoms with van der Waals surface area (Å²) in [6.07, 6.45) is 7.40. The van der Waals surface area contributed by atoms with E-state index in [1.165, 1.54) is 11.3 Å². The number of ketones is 1. The number of aliphatic hydroxyl groups is 2. The number of carboxylic acids is 1. The minimum atomic E-state index is -0.887. The first-order valence-corrected chi connectivity index (χ1v) is 10.6. The van der Waals surface area contributed by atoms with E-state index < -0.39 is 18.2 Å². The molecular weight excluding hydrogens is 390 g/mol. The molecule has 0 bridgehead atoms. The molecule has 0 amide bonds. The first kappa shape index (κ1) is 21.4. The Morgan fingerprint density at radius 3 is 2.86 bits per heavy atom. The van der Waals surface area contributed by atoms with Crippen LogP contribution in [0.2, 0.25) is 0 Å². The van der Waals surface area contributed by atoms with Gasteiger partial charge in [-0.15, -0.1) is 11.3 Å². The molecule has 6 nitrogen and oxygen atoms in total. The minimum Gasteiger partial charge on any atom is -0.481 e. The minimum absolute atomic E-state index is 0.0109. The third kappa shape index (κ3) is 5.59. The fourth-order valence-electron chi connectivity index (χ4n) is 3.59. The average molecular weight is 416 g/mol. The van der Waals surface area contributed by atoms with Crippen LogP contribution >= 0.6 is 11.3 Å². The Labute approximate surface area is 173 Å².